The van der Waals surface area contributed by atoms with Gasteiger partial charge in [0.05, 0.1) is 5.69 Å². The molecule has 15 heavy (non-hydrogen) atoms. The molecule has 0 unspecified atom stereocenters. The molecular weight excluding hydrogens is 280 g/mol. The summed E-state index contributed by atoms with van der Waals surface area (Å²) in [7, 11) is 0. The third kappa shape index (κ3) is 2.07. The maximum Gasteiger partial charge on any atom is 0.285 e. The van der Waals surface area contributed by atoms with Crippen LogP contribution >= 0.6 is 27.5 Å². The molecule has 0 spiro atoms. The van der Waals surface area contributed by atoms with Crippen LogP contribution in [0.15, 0.2) is 9.22 Å². The van der Waals surface area contributed by atoms with E-state index < -0.39 is 0 Å². The van der Waals surface area contributed by atoms with Crippen LogP contribution < -0.4 is 0 Å². The summed E-state index contributed by atoms with van der Waals surface area (Å²) in [6.07, 6.45) is 0. The fourth-order valence-corrected chi connectivity index (χ4v) is 2.15. The Morgan fingerprint density at radius 1 is 1.20 bits per heavy atom. The maximum atomic E-state index is 5.29. The van der Waals surface area contributed by atoms with E-state index in [1.807, 2.05) is 0 Å². The predicted octanol–water partition coefficient (Wildman–Crippen LogP) is 2.65. The van der Waals surface area contributed by atoms with Gasteiger partial charge in [0.25, 0.3) is 10.7 Å². The minimum Gasteiger partial charge on any atom is -0.410 e. The quantitative estimate of drug-likeness (QED) is 0.807. The van der Waals surface area contributed by atoms with E-state index in [1.165, 1.54) is 11.5 Å². The molecular formula is C8H9BrN4OS. The molecule has 2 aromatic rings. The Morgan fingerprint density at radius 2 is 1.93 bits per heavy atom. The molecule has 2 aromatic heterocycles. The second-order valence-electron chi connectivity index (χ2n) is 4.06. The molecule has 0 aromatic carbocycles. The van der Waals surface area contributed by atoms with Gasteiger partial charge in [0.15, 0.2) is 0 Å². The van der Waals surface area contributed by atoms with Gasteiger partial charge in [-0.3, -0.25) is 0 Å². The van der Waals surface area contributed by atoms with E-state index in [0.29, 0.717) is 10.7 Å². The maximum absolute atomic E-state index is 5.29. The first-order valence-corrected chi connectivity index (χ1v) is 5.87. The highest BCUT2D eigenvalue weighted by Gasteiger charge is 2.26. The summed E-state index contributed by atoms with van der Waals surface area (Å²) in [6.45, 7) is 6.20. The van der Waals surface area contributed by atoms with Crippen LogP contribution in [0.1, 0.15) is 26.5 Å². The van der Waals surface area contributed by atoms with E-state index in [-0.39, 0.29) is 5.41 Å². The lowest BCUT2D eigenvalue weighted by Crippen LogP contribution is -2.13. The lowest BCUT2D eigenvalue weighted by atomic mass is 9.91. The number of aromatic nitrogens is 4. The molecule has 0 N–H and O–H groups in total. The van der Waals surface area contributed by atoms with Crippen LogP contribution in [-0.2, 0) is 5.41 Å². The zero-order valence-electron chi connectivity index (χ0n) is 8.48. The molecule has 0 aliphatic rings. The minimum atomic E-state index is -0.0801. The Balaban J connectivity index is 2.50. The van der Waals surface area contributed by atoms with Gasteiger partial charge >= 0.3 is 0 Å². The van der Waals surface area contributed by atoms with Crippen molar-refractivity contribution < 1.29 is 4.42 Å². The zero-order chi connectivity index (χ0) is 11.1. The standard InChI is InChI=1S/C8H9BrN4OS/c1-8(2,3)5-4(15-13-10-5)6-11-12-7(9)14-6/h1-3H3. The molecule has 0 saturated carbocycles. The molecule has 0 bridgehead atoms. The van der Waals surface area contributed by atoms with Crippen molar-refractivity contribution in [3.05, 3.63) is 10.5 Å². The molecule has 0 aliphatic carbocycles. The largest absolute Gasteiger partial charge is 0.410 e. The van der Waals surface area contributed by atoms with Gasteiger partial charge in [-0.05, 0) is 11.5 Å². The number of hydrogen-bond acceptors (Lipinski definition) is 6. The second-order valence-corrected chi connectivity index (χ2v) is 5.49. The van der Waals surface area contributed by atoms with Gasteiger partial charge in [-0.2, -0.15) is 0 Å². The van der Waals surface area contributed by atoms with Crippen LogP contribution in [0, 0.1) is 0 Å². The van der Waals surface area contributed by atoms with Crippen molar-refractivity contribution in [3.63, 3.8) is 0 Å². The van der Waals surface area contributed by atoms with E-state index in [9.17, 15) is 0 Å². The number of halogens is 1. The first-order chi connectivity index (χ1) is 6.98. The highest BCUT2D eigenvalue weighted by molar-refractivity contribution is 9.10. The summed E-state index contributed by atoms with van der Waals surface area (Å²) in [5, 5.41) is 11.7. The summed E-state index contributed by atoms with van der Waals surface area (Å²) in [5.41, 5.74) is 0.798. The van der Waals surface area contributed by atoms with Gasteiger partial charge in [-0.1, -0.05) is 25.3 Å². The SMILES string of the molecule is CC(C)(C)c1nnsc1-c1nnc(Br)o1. The van der Waals surface area contributed by atoms with E-state index in [4.69, 9.17) is 4.42 Å². The highest BCUT2D eigenvalue weighted by Crippen LogP contribution is 2.33. The molecule has 0 atom stereocenters. The Bertz CT molecular complexity index is 473. The average Bonchev–Trinajstić information content (AvgIpc) is 2.68. The molecule has 0 saturated heterocycles. The van der Waals surface area contributed by atoms with Crippen molar-refractivity contribution in [2.45, 2.75) is 26.2 Å². The molecule has 0 radical (unpaired) electrons. The second kappa shape index (κ2) is 3.64. The number of nitrogens with zero attached hydrogens (tertiary/aromatic N) is 4. The van der Waals surface area contributed by atoms with Crippen LogP contribution in [-0.4, -0.2) is 19.8 Å². The fraction of sp³-hybridized carbons (Fsp3) is 0.500. The number of hydrogen-bond donors (Lipinski definition) is 0. The third-order valence-electron chi connectivity index (χ3n) is 1.79. The molecule has 0 fully saturated rings. The van der Waals surface area contributed by atoms with Crippen molar-refractivity contribution >= 4 is 27.5 Å². The molecule has 2 rings (SSSR count). The van der Waals surface area contributed by atoms with Crippen LogP contribution in [0.5, 0.6) is 0 Å². The van der Waals surface area contributed by atoms with Crippen LogP contribution in [0.25, 0.3) is 10.8 Å². The van der Waals surface area contributed by atoms with E-state index >= 15 is 0 Å². The van der Waals surface area contributed by atoms with Gasteiger partial charge in [-0.25, -0.2) is 0 Å². The van der Waals surface area contributed by atoms with Gasteiger partial charge in [-0.15, -0.1) is 15.3 Å². The van der Waals surface area contributed by atoms with Crippen LogP contribution in [0.3, 0.4) is 0 Å². The Hall–Kier alpha value is -0.820. The van der Waals surface area contributed by atoms with E-state index in [1.54, 1.807) is 0 Å². The lowest BCUT2D eigenvalue weighted by Gasteiger charge is -2.14. The Labute approximate surface area is 99.2 Å². The first kappa shape index (κ1) is 10.7. The van der Waals surface area contributed by atoms with E-state index in [2.05, 4.69) is 56.5 Å². The number of rotatable bonds is 1. The Morgan fingerprint density at radius 3 is 2.47 bits per heavy atom. The highest BCUT2D eigenvalue weighted by atomic mass is 79.9. The minimum absolute atomic E-state index is 0.0801. The lowest BCUT2D eigenvalue weighted by molar-refractivity contribution is 0.532. The van der Waals surface area contributed by atoms with Gasteiger partial charge in [0, 0.05) is 21.3 Å². The molecule has 0 amide bonds. The first-order valence-electron chi connectivity index (χ1n) is 4.30. The average molecular weight is 289 g/mol. The third-order valence-corrected chi connectivity index (χ3v) is 2.83. The zero-order valence-corrected chi connectivity index (χ0v) is 10.9. The van der Waals surface area contributed by atoms with Crippen molar-refractivity contribution in [1.82, 2.24) is 19.8 Å². The van der Waals surface area contributed by atoms with Crippen molar-refractivity contribution in [1.29, 1.82) is 0 Å². The smallest absolute Gasteiger partial charge is 0.285 e. The molecule has 7 heteroatoms. The van der Waals surface area contributed by atoms with Crippen molar-refractivity contribution in [3.8, 4) is 10.8 Å². The van der Waals surface area contributed by atoms with Gasteiger partial charge < -0.3 is 4.42 Å². The summed E-state index contributed by atoms with van der Waals surface area (Å²) in [5.74, 6) is 0.460. The summed E-state index contributed by atoms with van der Waals surface area (Å²) < 4.78 is 9.21. The topological polar surface area (TPSA) is 64.7 Å². The monoisotopic (exact) mass is 288 g/mol. The molecule has 0 aliphatic heterocycles. The van der Waals surface area contributed by atoms with Gasteiger partial charge in [0.1, 0.15) is 4.88 Å². The Kier molecular flexibility index (Phi) is 2.59. The molecule has 2 heterocycles. The van der Waals surface area contributed by atoms with E-state index in [0.717, 1.165) is 10.6 Å². The van der Waals surface area contributed by atoms with Crippen LogP contribution in [0.2, 0.25) is 0 Å². The summed E-state index contributed by atoms with van der Waals surface area (Å²) >= 11 is 4.38. The van der Waals surface area contributed by atoms with Gasteiger partial charge in [0.2, 0.25) is 0 Å². The summed E-state index contributed by atoms with van der Waals surface area (Å²) in [6, 6.07) is 0. The molecule has 80 valence electrons. The predicted molar refractivity (Wildman–Crippen MR) is 59.6 cm³/mol. The summed E-state index contributed by atoms with van der Waals surface area (Å²) in [4.78, 5) is 1.20. The fourth-order valence-electron chi connectivity index (χ4n) is 1.12. The van der Waals surface area contributed by atoms with Crippen molar-refractivity contribution in [2.75, 3.05) is 0 Å². The van der Waals surface area contributed by atoms with Crippen LogP contribution in [0.4, 0.5) is 0 Å². The van der Waals surface area contributed by atoms with Crippen molar-refractivity contribution in [2.24, 2.45) is 0 Å². The molecule has 5 nitrogen and oxygen atoms in total. The normalized spacial score (nSPS) is 12.0.